The van der Waals surface area contributed by atoms with Crippen molar-refractivity contribution in [2.24, 2.45) is 5.92 Å². The standard InChI is InChI=1S/C10H14ClN3O/c11-9-2-1-7(3-9)4-12-10(15)8-5-13-14-6-8/h5-7,9H,1-4H2,(H,12,15)(H,13,14). The van der Waals surface area contributed by atoms with Gasteiger partial charge in [0.1, 0.15) is 0 Å². The van der Waals surface area contributed by atoms with Gasteiger partial charge in [0.15, 0.2) is 0 Å². The van der Waals surface area contributed by atoms with Crippen LogP contribution in [-0.2, 0) is 0 Å². The maximum absolute atomic E-state index is 11.5. The Bertz CT molecular complexity index is 325. The molecule has 2 N–H and O–H groups in total. The van der Waals surface area contributed by atoms with Gasteiger partial charge in [0.05, 0.1) is 11.8 Å². The van der Waals surface area contributed by atoms with Crippen molar-refractivity contribution >= 4 is 17.5 Å². The summed E-state index contributed by atoms with van der Waals surface area (Å²) in [4.78, 5) is 11.5. The predicted octanol–water partition coefficient (Wildman–Crippen LogP) is 1.55. The molecule has 82 valence electrons. The predicted molar refractivity (Wildman–Crippen MR) is 57.9 cm³/mol. The molecule has 4 nitrogen and oxygen atoms in total. The van der Waals surface area contributed by atoms with Gasteiger partial charge in [-0.3, -0.25) is 9.89 Å². The molecule has 1 aliphatic carbocycles. The molecule has 1 fully saturated rings. The first-order valence-electron chi connectivity index (χ1n) is 5.16. The van der Waals surface area contributed by atoms with Crippen molar-refractivity contribution in [3.63, 3.8) is 0 Å². The van der Waals surface area contributed by atoms with Crippen LogP contribution in [0.25, 0.3) is 0 Å². The van der Waals surface area contributed by atoms with E-state index in [1.165, 1.54) is 6.20 Å². The molecule has 0 saturated heterocycles. The summed E-state index contributed by atoms with van der Waals surface area (Å²) in [7, 11) is 0. The smallest absolute Gasteiger partial charge is 0.254 e. The lowest BCUT2D eigenvalue weighted by Gasteiger charge is -2.09. The van der Waals surface area contributed by atoms with Crippen LogP contribution in [0.4, 0.5) is 0 Å². The van der Waals surface area contributed by atoms with E-state index >= 15 is 0 Å². The third kappa shape index (κ3) is 2.72. The number of aromatic amines is 1. The second-order valence-electron chi connectivity index (χ2n) is 3.97. The van der Waals surface area contributed by atoms with Crippen LogP contribution in [0.5, 0.6) is 0 Å². The number of hydrogen-bond donors (Lipinski definition) is 2. The lowest BCUT2D eigenvalue weighted by molar-refractivity contribution is 0.0947. The number of carbonyl (C=O) groups is 1. The summed E-state index contributed by atoms with van der Waals surface area (Å²) < 4.78 is 0. The third-order valence-corrected chi connectivity index (χ3v) is 3.19. The summed E-state index contributed by atoms with van der Waals surface area (Å²) in [6.07, 6.45) is 6.30. The van der Waals surface area contributed by atoms with Gasteiger partial charge in [0.2, 0.25) is 0 Å². The summed E-state index contributed by atoms with van der Waals surface area (Å²) in [5.74, 6) is 0.463. The maximum atomic E-state index is 11.5. The molecule has 2 unspecified atom stereocenters. The normalized spacial score (nSPS) is 25.4. The highest BCUT2D eigenvalue weighted by molar-refractivity contribution is 6.20. The number of rotatable bonds is 3. The molecule has 1 aliphatic rings. The molecule has 0 aliphatic heterocycles. The first-order valence-corrected chi connectivity index (χ1v) is 5.60. The number of hydrogen-bond acceptors (Lipinski definition) is 2. The monoisotopic (exact) mass is 227 g/mol. The Labute approximate surface area is 93.4 Å². The van der Waals surface area contributed by atoms with E-state index in [4.69, 9.17) is 11.6 Å². The average molecular weight is 228 g/mol. The van der Waals surface area contributed by atoms with Gasteiger partial charge in [-0.2, -0.15) is 5.10 Å². The van der Waals surface area contributed by atoms with Gasteiger partial charge in [-0.15, -0.1) is 11.6 Å². The van der Waals surface area contributed by atoms with E-state index in [-0.39, 0.29) is 5.91 Å². The zero-order valence-corrected chi connectivity index (χ0v) is 9.13. The molecule has 1 aromatic heterocycles. The number of alkyl halides is 1. The molecular formula is C10H14ClN3O. The number of nitrogens with zero attached hydrogens (tertiary/aromatic N) is 1. The van der Waals surface area contributed by atoms with Crippen LogP contribution in [0.15, 0.2) is 12.4 Å². The number of H-pyrrole nitrogens is 1. The molecule has 1 saturated carbocycles. The summed E-state index contributed by atoms with van der Waals surface area (Å²) in [6, 6.07) is 0. The molecule has 2 rings (SSSR count). The van der Waals surface area contributed by atoms with Crippen molar-refractivity contribution in [3.05, 3.63) is 18.0 Å². The van der Waals surface area contributed by atoms with Gasteiger partial charge in [-0.25, -0.2) is 0 Å². The number of nitrogens with one attached hydrogen (secondary N) is 2. The Balaban J connectivity index is 1.76. The SMILES string of the molecule is O=C(NCC1CCC(Cl)C1)c1cn[nH]c1. The Morgan fingerprint density at radius 2 is 2.53 bits per heavy atom. The largest absolute Gasteiger partial charge is 0.352 e. The van der Waals surface area contributed by atoms with Crippen molar-refractivity contribution in [1.29, 1.82) is 0 Å². The number of amides is 1. The second kappa shape index (κ2) is 4.66. The van der Waals surface area contributed by atoms with Crippen LogP contribution in [0.2, 0.25) is 0 Å². The lowest BCUT2D eigenvalue weighted by atomic mass is 10.1. The van der Waals surface area contributed by atoms with Crippen LogP contribution in [0.3, 0.4) is 0 Å². The molecule has 1 amide bonds. The minimum Gasteiger partial charge on any atom is -0.352 e. The minimum absolute atomic E-state index is 0.0678. The highest BCUT2D eigenvalue weighted by Crippen LogP contribution is 2.28. The van der Waals surface area contributed by atoms with E-state index < -0.39 is 0 Å². The van der Waals surface area contributed by atoms with Crippen molar-refractivity contribution < 1.29 is 4.79 Å². The number of aromatic nitrogens is 2. The Kier molecular flexibility index (Phi) is 3.26. The Morgan fingerprint density at radius 3 is 3.13 bits per heavy atom. The van der Waals surface area contributed by atoms with E-state index in [0.717, 1.165) is 19.3 Å². The van der Waals surface area contributed by atoms with Crippen molar-refractivity contribution in [3.8, 4) is 0 Å². The molecule has 0 spiro atoms. The molecule has 1 heterocycles. The Morgan fingerprint density at radius 1 is 1.67 bits per heavy atom. The van der Waals surface area contributed by atoms with Crippen LogP contribution < -0.4 is 5.32 Å². The van der Waals surface area contributed by atoms with Gasteiger partial charge in [-0.1, -0.05) is 0 Å². The van der Waals surface area contributed by atoms with E-state index in [1.54, 1.807) is 6.20 Å². The average Bonchev–Trinajstić information content (AvgIpc) is 2.84. The van der Waals surface area contributed by atoms with Crippen LogP contribution in [0, 0.1) is 5.92 Å². The molecular weight excluding hydrogens is 214 g/mol. The van der Waals surface area contributed by atoms with Gasteiger partial charge in [0, 0.05) is 18.1 Å². The molecule has 0 bridgehead atoms. The van der Waals surface area contributed by atoms with Gasteiger partial charge in [-0.05, 0) is 25.2 Å². The molecule has 0 aromatic carbocycles. The fraction of sp³-hybridized carbons (Fsp3) is 0.600. The van der Waals surface area contributed by atoms with Gasteiger partial charge < -0.3 is 5.32 Å². The third-order valence-electron chi connectivity index (χ3n) is 2.79. The fourth-order valence-electron chi connectivity index (χ4n) is 1.91. The Hall–Kier alpha value is -1.03. The zero-order valence-electron chi connectivity index (χ0n) is 8.37. The van der Waals surface area contributed by atoms with Crippen LogP contribution in [0.1, 0.15) is 29.6 Å². The van der Waals surface area contributed by atoms with Crippen LogP contribution >= 0.6 is 11.6 Å². The van der Waals surface area contributed by atoms with Gasteiger partial charge >= 0.3 is 0 Å². The van der Waals surface area contributed by atoms with E-state index in [9.17, 15) is 4.79 Å². The van der Waals surface area contributed by atoms with E-state index in [2.05, 4.69) is 15.5 Å². The molecule has 0 radical (unpaired) electrons. The number of carbonyl (C=O) groups excluding carboxylic acids is 1. The second-order valence-corrected chi connectivity index (χ2v) is 4.59. The topological polar surface area (TPSA) is 57.8 Å². The first kappa shape index (κ1) is 10.5. The zero-order chi connectivity index (χ0) is 10.7. The highest BCUT2D eigenvalue weighted by Gasteiger charge is 2.23. The summed E-state index contributed by atoms with van der Waals surface area (Å²) in [6.45, 7) is 0.716. The van der Waals surface area contributed by atoms with Crippen molar-refractivity contribution in [2.45, 2.75) is 24.6 Å². The first-order chi connectivity index (χ1) is 7.25. The minimum atomic E-state index is -0.0678. The van der Waals surface area contributed by atoms with E-state index in [1.807, 2.05) is 0 Å². The maximum Gasteiger partial charge on any atom is 0.254 e. The van der Waals surface area contributed by atoms with Crippen molar-refractivity contribution in [2.75, 3.05) is 6.54 Å². The van der Waals surface area contributed by atoms with E-state index in [0.29, 0.717) is 23.4 Å². The molecule has 2 atom stereocenters. The highest BCUT2D eigenvalue weighted by atomic mass is 35.5. The lowest BCUT2D eigenvalue weighted by Crippen LogP contribution is -2.28. The molecule has 1 aromatic rings. The molecule has 5 heteroatoms. The summed E-state index contributed by atoms with van der Waals surface area (Å²) in [5.41, 5.74) is 0.579. The van der Waals surface area contributed by atoms with Crippen molar-refractivity contribution in [1.82, 2.24) is 15.5 Å². The molecule has 15 heavy (non-hydrogen) atoms. The number of halogens is 1. The summed E-state index contributed by atoms with van der Waals surface area (Å²) in [5, 5.41) is 9.52. The van der Waals surface area contributed by atoms with Crippen LogP contribution in [-0.4, -0.2) is 28.0 Å². The van der Waals surface area contributed by atoms with Gasteiger partial charge in [0.25, 0.3) is 5.91 Å². The summed E-state index contributed by atoms with van der Waals surface area (Å²) >= 11 is 5.99. The fourth-order valence-corrected chi connectivity index (χ4v) is 2.29. The quantitative estimate of drug-likeness (QED) is 0.770.